The zero-order chi connectivity index (χ0) is 10.1. The molecule has 3 heteroatoms. The Labute approximate surface area is 90.1 Å². The molecule has 2 aromatic rings. The average Bonchev–Trinajstić information content (AvgIpc) is 2.20. The van der Waals surface area contributed by atoms with Crippen LogP contribution in [0.4, 0.5) is 0 Å². The molecule has 1 aromatic carbocycles. The van der Waals surface area contributed by atoms with Crippen LogP contribution >= 0.6 is 15.9 Å². The third kappa shape index (κ3) is 1.38. The first-order valence-corrected chi connectivity index (χ1v) is 5.32. The zero-order valence-electron chi connectivity index (χ0n) is 7.80. The Balaban J connectivity index is 2.91. The lowest BCUT2D eigenvalue weighted by Gasteiger charge is -2.04. The van der Waals surface area contributed by atoms with Crippen molar-refractivity contribution in [2.75, 3.05) is 0 Å². The summed E-state index contributed by atoms with van der Waals surface area (Å²) in [6, 6.07) is 5.78. The van der Waals surface area contributed by atoms with E-state index < -0.39 is 0 Å². The van der Waals surface area contributed by atoms with Gasteiger partial charge in [-0.15, -0.1) is 0 Å². The van der Waals surface area contributed by atoms with Crippen molar-refractivity contribution in [1.82, 2.24) is 4.98 Å². The maximum absolute atomic E-state index is 11.5. The van der Waals surface area contributed by atoms with Gasteiger partial charge in [-0.25, -0.2) is 0 Å². The highest BCUT2D eigenvalue weighted by Crippen LogP contribution is 2.25. The van der Waals surface area contributed by atoms with E-state index >= 15 is 0 Å². The first-order valence-electron chi connectivity index (χ1n) is 4.53. The number of aryl methyl sites for hydroxylation is 1. The molecule has 1 N–H and O–H groups in total. The second kappa shape index (κ2) is 3.58. The number of hydrogen-bond donors (Lipinski definition) is 1. The molecule has 0 aliphatic carbocycles. The summed E-state index contributed by atoms with van der Waals surface area (Å²) in [7, 11) is 0. The van der Waals surface area contributed by atoms with Crippen LogP contribution < -0.4 is 5.56 Å². The molecule has 0 saturated carbocycles. The van der Waals surface area contributed by atoms with Crippen LogP contribution in [0.15, 0.2) is 33.7 Å². The molecule has 0 aliphatic heterocycles. The third-order valence-electron chi connectivity index (χ3n) is 2.35. The number of aromatic amines is 1. The minimum absolute atomic E-state index is 0.0362. The molecule has 0 radical (unpaired) electrons. The van der Waals surface area contributed by atoms with E-state index in [0.29, 0.717) is 0 Å². The molecule has 0 spiro atoms. The standard InChI is InChI=1S/C11H10BrNO/c1-2-7-3-4-9-8(10(7)12)5-6-13-11(9)14/h3-6H,2H2,1H3,(H,13,14). The highest BCUT2D eigenvalue weighted by atomic mass is 79.9. The van der Waals surface area contributed by atoms with E-state index in [9.17, 15) is 4.79 Å². The molecule has 0 bridgehead atoms. The van der Waals surface area contributed by atoms with Crippen LogP contribution in [0.2, 0.25) is 0 Å². The predicted molar refractivity (Wildman–Crippen MR) is 61.6 cm³/mol. The van der Waals surface area contributed by atoms with Gasteiger partial charge in [0.1, 0.15) is 0 Å². The van der Waals surface area contributed by atoms with E-state index in [1.165, 1.54) is 5.56 Å². The minimum atomic E-state index is -0.0362. The lowest BCUT2D eigenvalue weighted by atomic mass is 10.1. The second-order valence-corrected chi connectivity index (χ2v) is 3.95. The molecule has 1 aromatic heterocycles. The van der Waals surface area contributed by atoms with Gasteiger partial charge in [0.25, 0.3) is 5.56 Å². The lowest BCUT2D eigenvalue weighted by molar-refractivity contribution is 1.13. The van der Waals surface area contributed by atoms with Crippen molar-refractivity contribution >= 4 is 26.7 Å². The lowest BCUT2D eigenvalue weighted by Crippen LogP contribution is -2.04. The first-order chi connectivity index (χ1) is 6.74. The van der Waals surface area contributed by atoms with Crippen molar-refractivity contribution in [3.05, 3.63) is 44.8 Å². The summed E-state index contributed by atoms with van der Waals surface area (Å²) in [5.41, 5.74) is 1.19. The van der Waals surface area contributed by atoms with Gasteiger partial charge in [0.2, 0.25) is 0 Å². The summed E-state index contributed by atoms with van der Waals surface area (Å²) in [6.45, 7) is 2.10. The first kappa shape index (κ1) is 9.46. The van der Waals surface area contributed by atoms with Crippen molar-refractivity contribution in [3.63, 3.8) is 0 Å². The van der Waals surface area contributed by atoms with Crippen LogP contribution in [0.25, 0.3) is 10.8 Å². The number of H-pyrrole nitrogens is 1. The van der Waals surface area contributed by atoms with Crippen molar-refractivity contribution in [2.45, 2.75) is 13.3 Å². The normalized spacial score (nSPS) is 10.7. The van der Waals surface area contributed by atoms with Crippen molar-refractivity contribution in [3.8, 4) is 0 Å². The SMILES string of the molecule is CCc1ccc2c(=O)[nH]ccc2c1Br. The topological polar surface area (TPSA) is 32.9 Å². The molecule has 2 rings (SSSR count). The Hall–Kier alpha value is -1.09. The van der Waals surface area contributed by atoms with Crippen molar-refractivity contribution < 1.29 is 0 Å². The Bertz CT molecular complexity index is 530. The number of nitrogens with one attached hydrogen (secondary N) is 1. The van der Waals surface area contributed by atoms with Crippen LogP contribution in [-0.2, 0) is 6.42 Å². The smallest absolute Gasteiger partial charge is 0.255 e. The number of fused-ring (bicyclic) bond motifs is 1. The van der Waals surface area contributed by atoms with Gasteiger partial charge in [-0.1, -0.05) is 13.0 Å². The summed E-state index contributed by atoms with van der Waals surface area (Å²) in [5.74, 6) is 0. The van der Waals surface area contributed by atoms with Crippen LogP contribution in [0.1, 0.15) is 12.5 Å². The highest BCUT2D eigenvalue weighted by Gasteiger charge is 2.04. The Kier molecular flexibility index (Phi) is 2.42. The molecule has 72 valence electrons. The average molecular weight is 252 g/mol. The number of pyridine rings is 1. The van der Waals surface area contributed by atoms with Crippen LogP contribution in [-0.4, -0.2) is 4.98 Å². The fourth-order valence-corrected chi connectivity index (χ4v) is 2.31. The van der Waals surface area contributed by atoms with Gasteiger partial charge < -0.3 is 4.98 Å². The van der Waals surface area contributed by atoms with Crippen LogP contribution in [0.3, 0.4) is 0 Å². The number of hydrogen-bond acceptors (Lipinski definition) is 1. The zero-order valence-corrected chi connectivity index (χ0v) is 9.39. The van der Waals surface area contributed by atoms with E-state index in [4.69, 9.17) is 0 Å². The molecule has 1 heterocycles. The van der Waals surface area contributed by atoms with E-state index in [1.807, 2.05) is 18.2 Å². The Morgan fingerprint density at radius 2 is 2.07 bits per heavy atom. The van der Waals surface area contributed by atoms with Gasteiger partial charge in [-0.05, 0) is 40.0 Å². The summed E-state index contributed by atoms with van der Waals surface area (Å²) >= 11 is 3.52. The molecule has 0 fully saturated rings. The minimum Gasteiger partial charge on any atom is -0.329 e. The van der Waals surface area contributed by atoms with E-state index in [2.05, 4.69) is 27.8 Å². The molecule has 0 aliphatic rings. The number of halogens is 1. The molecule has 0 saturated heterocycles. The summed E-state index contributed by atoms with van der Waals surface area (Å²) in [6.07, 6.45) is 2.64. The van der Waals surface area contributed by atoms with Crippen LogP contribution in [0.5, 0.6) is 0 Å². The van der Waals surface area contributed by atoms with Gasteiger partial charge in [0, 0.05) is 21.4 Å². The Morgan fingerprint density at radius 1 is 1.29 bits per heavy atom. The fourth-order valence-electron chi connectivity index (χ4n) is 1.55. The van der Waals surface area contributed by atoms with Crippen molar-refractivity contribution in [2.24, 2.45) is 0 Å². The maximum Gasteiger partial charge on any atom is 0.255 e. The summed E-state index contributed by atoms with van der Waals surface area (Å²) in [4.78, 5) is 14.1. The summed E-state index contributed by atoms with van der Waals surface area (Å²) < 4.78 is 1.03. The molecule has 0 unspecified atom stereocenters. The van der Waals surface area contributed by atoms with Crippen molar-refractivity contribution in [1.29, 1.82) is 0 Å². The monoisotopic (exact) mass is 251 g/mol. The largest absolute Gasteiger partial charge is 0.329 e. The number of rotatable bonds is 1. The second-order valence-electron chi connectivity index (χ2n) is 3.16. The molecular formula is C11H10BrNO. The molecular weight excluding hydrogens is 242 g/mol. The van der Waals surface area contributed by atoms with Gasteiger partial charge in [-0.3, -0.25) is 4.79 Å². The van der Waals surface area contributed by atoms with Gasteiger partial charge in [0.05, 0.1) is 0 Å². The molecule has 2 nitrogen and oxygen atoms in total. The highest BCUT2D eigenvalue weighted by molar-refractivity contribution is 9.10. The van der Waals surface area contributed by atoms with E-state index in [-0.39, 0.29) is 5.56 Å². The van der Waals surface area contributed by atoms with E-state index in [0.717, 1.165) is 21.7 Å². The van der Waals surface area contributed by atoms with Gasteiger partial charge in [0.15, 0.2) is 0 Å². The number of aromatic nitrogens is 1. The quantitative estimate of drug-likeness (QED) is 0.831. The maximum atomic E-state index is 11.5. The molecule has 0 atom stereocenters. The third-order valence-corrected chi connectivity index (χ3v) is 3.29. The van der Waals surface area contributed by atoms with Gasteiger partial charge in [-0.2, -0.15) is 0 Å². The van der Waals surface area contributed by atoms with Gasteiger partial charge >= 0.3 is 0 Å². The predicted octanol–water partition coefficient (Wildman–Crippen LogP) is 2.85. The van der Waals surface area contributed by atoms with Crippen LogP contribution in [0, 0.1) is 0 Å². The fraction of sp³-hybridized carbons (Fsp3) is 0.182. The molecule has 0 amide bonds. The molecule has 14 heavy (non-hydrogen) atoms. The Morgan fingerprint density at radius 3 is 2.79 bits per heavy atom. The number of benzene rings is 1. The van der Waals surface area contributed by atoms with E-state index in [1.54, 1.807) is 6.20 Å². The summed E-state index contributed by atoms with van der Waals surface area (Å²) in [5, 5.41) is 1.71.